The smallest absolute Gasteiger partial charge is 0.0326 e. The van der Waals surface area contributed by atoms with Gasteiger partial charge in [-0.25, -0.2) is 0 Å². The van der Waals surface area contributed by atoms with Crippen molar-refractivity contribution in [3.8, 4) is 0 Å². The molecule has 0 radical (unpaired) electrons. The van der Waals surface area contributed by atoms with Crippen LogP contribution in [-0.4, -0.2) is 29.5 Å². The Morgan fingerprint density at radius 2 is 2.42 bits per heavy atom. The van der Waals surface area contributed by atoms with Crippen LogP contribution in [-0.2, 0) is 0 Å². The number of fused-ring (bicyclic) bond motifs is 2. The van der Waals surface area contributed by atoms with Crippen molar-refractivity contribution in [3.63, 3.8) is 0 Å². The van der Waals surface area contributed by atoms with E-state index in [9.17, 15) is 0 Å². The highest BCUT2D eigenvalue weighted by molar-refractivity contribution is 7.98. The number of piperidine rings is 1. The molecule has 1 aliphatic heterocycles. The van der Waals surface area contributed by atoms with Crippen molar-refractivity contribution in [1.82, 2.24) is 4.90 Å². The minimum absolute atomic E-state index is 0.856. The zero-order valence-corrected chi connectivity index (χ0v) is 8.57. The van der Waals surface area contributed by atoms with Crippen LogP contribution in [0.3, 0.4) is 0 Å². The SMILES string of the molecule is C=C(CSC)N1CC2CCC1C2. The van der Waals surface area contributed by atoms with Crippen LogP contribution in [0.15, 0.2) is 12.3 Å². The average molecular weight is 183 g/mol. The fraction of sp³-hybridized carbons (Fsp3) is 0.800. The normalized spacial score (nSPS) is 32.9. The summed E-state index contributed by atoms with van der Waals surface area (Å²) < 4.78 is 0. The molecule has 1 heterocycles. The lowest BCUT2D eigenvalue weighted by molar-refractivity contribution is 0.273. The molecule has 1 saturated carbocycles. The van der Waals surface area contributed by atoms with Gasteiger partial charge in [-0.15, -0.1) is 0 Å². The highest BCUT2D eigenvalue weighted by Gasteiger charge is 2.37. The second-order valence-electron chi connectivity index (χ2n) is 3.98. The summed E-state index contributed by atoms with van der Waals surface area (Å²) in [6.07, 6.45) is 6.47. The highest BCUT2D eigenvalue weighted by Crippen LogP contribution is 2.39. The van der Waals surface area contributed by atoms with Crippen molar-refractivity contribution < 1.29 is 0 Å². The molecule has 0 aromatic heterocycles. The molecule has 0 aromatic rings. The van der Waals surface area contributed by atoms with Crippen LogP contribution in [0.5, 0.6) is 0 Å². The number of hydrogen-bond acceptors (Lipinski definition) is 2. The Hall–Kier alpha value is -0.110. The Morgan fingerprint density at radius 3 is 2.92 bits per heavy atom. The maximum Gasteiger partial charge on any atom is 0.0326 e. The van der Waals surface area contributed by atoms with Gasteiger partial charge in [-0.1, -0.05) is 6.58 Å². The largest absolute Gasteiger partial charge is 0.371 e. The summed E-state index contributed by atoms with van der Waals surface area (Å²) in [6.45, 7) is 5.45. The van der Waals surface area contributed by atoms with Crippen LogP contribution in [0.4, 0.5) is 0 Å². The van der Waals surface area contributed by atoms with E-state index in [4.69, 9.17) is 0 Å². The van der Waals surface area contributed by atoms with E-state index >= 15 is 0 Å². The fourth-order valence-corrected chi connectivity index (χ4v) is 3.06. The Balaban J connectivity index is 1.93. The van der Waals surface area contributed by atoms with E-state index in [0.717, 1.165) is 17.7 Å². The molecule has 0 aromatic carbocycles. The van der Waals surface area contributed by atoms with Crippen molar-refractivity contribution >= 4 is 11.8 Å². The van der Waals surface area contributed by atoms with Gasteiger partial charge in [0.05, 0.1) is 0 Å². The minimum Gasteiger partial charge on any atom is -0.371 e. The van der Waals surface area contributed by atoms with Gasteiger partial charge < -0.3 is 4.90 Å². The van der Waals surface area contributed by atoms with Crippen molar-refractivity contribution in [2.24, 2.45) is 5.92 Å². The summed E-state index contributed by atoms with van der Waals surface area (Å²) in [5.74, 6) is 2.11. The van der Waals surface area contributed by atoms with Crippen LogP contribution in [0.2, 0.25) is 0 Å². The summed E-state index contributed by atoms with van der Waals surface area (Å²) in [7, 11) is 0. The number of rotatable bonds is 3. The number of nitrogens with zero attached hydrogens (tertiary/aromatic N) is 1. The predicted octanol–water partition coefficient (Wildman–Crippen LogP) is 2.35. The Morgan fingerprint density at radius 1 is 1.58 bits per heavy atom. The Bertz CT molecular complexity index is 190. The standard InChI is InChI=1S/C10H17NS/c1-8(7-12-2)11-6-9-3-4-10(11)5-9/h9-10H,1,3-7H2,2H3. The topological polar surface area (TPSA) is 3.24 Å². The summed E-state index contributed by atoms with van der Waals surface area (Å²) in [5, 5.41) is 0. The average Bonchev–Trinajstić information content (AvgIpc) is 2.64. The molecule has 1 saturated heterocycles. The third kappa shape index (κ3) is 1.37. The van der Waals surface area contributed by atoms with Crippen molar-refractivity contribution in [2.45, 2.75) is 25.3 Å². The van der Waals surface area contributed by atoms with E-state index in [2.05, 4.69) is 17.7 Å². The molecular weight excluding hydrogens is 166 g/mol. The third-order valence-corrected chi connectivity index (χ3v) is 3.75. The molecule has 2 unspecified atom stereocenters. The van der Waals surface area contributed by atoms with E-state index in [1.54, 1.807) is 0 Å². The molecule has 12 heavy (non-hydrogen) atoms. The lowest BCUT2D eigenvalue weighted by atomic mass is 10.1. The molecular formula is C10H17NS. The summed E-state index contributed by atoms with van der Waals surface area (Å²) in [5.41, 5.74) is 1.36. The van der Waals surface area contributed by atoms with Crippen molar-refractivity contribution in [2.75, 3.05) is 18.6 Å². The monoisotopic (exact) mass is 183 g/mol. The maximum absolute atomic E-state index is 4.15. The van der Waals surface area contributed by atoms with E-state index in [-0.39, 0.29) is 0 Å². The van der Waals surface area contributed by atoms with Crippen LogP contribution in [0.1, 0.15) is 19.3 Å². The van der Waals surface area contributed by atoms with E-state index in [0.29, 0.717) is 0 Å². The summed E-state index contributed by atoms with van der Waals surface area (Å²) in [6, 6.07) is 0.856. The van der Waals surface area contributed by atoms with E-state index < -0.39 is 0 Å². The zero-order chi connectivity index (χ0) is 8.55. The first-order valence-electron chi connectivity index (χ1n) is 4.74. The lowest BCUT2D eigenvalue weighted by Gasteiger charge is -2.30. The second-order valence-corrected chi connectivity index (χ2v) is 4.85. The van der Waals surface area contributed by atoms with Crippen molar-refractivity contribution in [1.29, 1.82) is 0 Å². The maximum atomic E-state index is 4.15. The lowest BCUT2D eigenvalue weighted by Crippen LogP contribution is -2.31. The molecule has 2 atom stereocenters. The molecule has 0 N–H and O–H groups in total. The molecule has 0 amide bonds. The quantitative estimate of drug-likeness (QED) is 0.661. The molecule has 1 aliphatic carbocycles. The zero-order valence-electron chi connectivity index (χ0n) is 7.75. The van der Waals surface area contributed by atoms with E-state index in [1.165, 1.54) is 31.5 Å². The fourth-order valence-electron chi connectivity index (χ4n) is 2.56. The van der Waals surface area contributed by atoms with Crippen LogP contribution in [0, 0.1) is 5.92 Å². The second kappa shape index (κ2) is 3.33. The minimum atomic E-state index is 0.856. The molecule has 2 rings (SSSR count). The van der Waals surface area contributed by atoms with Gasteiger partial charge in [0.15, 0.2) is 0 Å². The molecule has 2 bridgehead atoms. The summed E-state index contributed by atoms with van der Waals surface area (Å²) in [4.78, 5) is 2.55. The molecule has 2 aliphatic rings. The van der Waals surface area contributed by atoms with Gasteiger partial charge in [0.1, 0.15) is 0 Å². The highest BCUT2D eigenvalue weighted by atomic mass is 32.2. The first-order chi connectivity index (χ1) is 5.81. The van der Waals surface area contributed by atoms with E-state index in [1.807, 2.05) is 11.8 Å². The number of thioether (sulfide) groups is 1. The van der Waals surface area contributed by atoms with Gasteiger partial charge in [0, 0.05) is 24.0 Å². The third-order valence-electron chi connectivity index (χ3n) is 3.13. The number of likely N-dealkylation sites (tertiary alicyclic amines) is 1. The Labute approximate surface area is 79.2 Å². The molecule has 2 fully saturated rings. The van der Waals surface area contributed by atoms with Gasteiger partial charge in [0.2, 0.25) is 0 Å². The van der Waals surface area contributed by atoms with Gasteiger partial charge in [-0.2, -0.15) is 11.8 Å². The van der Waals surface area contributed by atoms with Gasteiger partial charge in [-0.3, -0.25) is 0 Å². The molecule has 1 nitrogen and oxygen atoms in total. The molecule has 0 spiro atoms. The number of hydrogen-bond donors (Lipinski definition) is 0. The van der Waals surface area contributed by atoms with Crippen molar-refractivity contribution in [3.05, 3.63) is 12.3 Å². The molecule has 2 heteroatoms. The first-order valence-corrected chi connectivity index (χ1v) is 6.14. The predicted molar refractivity (Wildman–Crippen MR) is 55.4 cm³/mol. The van der Waals surface area contributed by atoms with Crippen LogP contribution >= 0.6 is 11.8 Å². The first kappa shape index (κ1) is 8.49. The van der Waals surface area contributed by atoms with Crippen LogP contribution < -0.4 is 0 Å². The Kier molecular flexibility index (Phi) is 2.35. The summed E-state index contributed by atoms with van der Waals surface area (Å²) >= 11 is 1.88. The van der Waals surface area contributed by atoms with Gasteiger partial charge >= 0.3 is 0 Å². The van der Waals surface area contributed by atoms with Crippen LogP contribution in [0.25, 0.3) is 0 Å². The van der Waals surface area contributed by atoms with Gasteiger partial charge in [0.25, 0.3) is 0 Å². The molecule has 68 valence electrons. The van der Waals surface area contributed by atoms with Gasteiger partial charge in [-0.05, 0) is 31.4 Å².